The van der Waals surface area contributed by atoms with Gasteiger partial charge in [0.15, 0.2) is 9.84 Å². The van der Waals surface area contributed by atoms with Crippen molar-refractivity contribution < 1.29 is 16.8 Å². The molecule has 2 aliphatic heterocycles. The second-order valence-electron chi connectivity index (χ2n) is 7.18. The molecule has 4 rings (SSSR count). The monoisotopic (exact) mass is 443 g/mol. The second-order valence-corrected chi connectivity index (χ2v) is 12.6. The summed E-state index contributed by atoms with van der Waals surface area (Å²) in [5.74, 6) is -0.360. The Balaban J connectivity index is 1.49. The Kier molecular flexibility index (Phi) is 5.19. The van der Waals surface area contributed by atoms with E-state index in [1.54, 1.807) is 17.4 Å². The fourth-order valence-electron chi connectivity index (χ4n) is 3.79. The molecule has 2 aromatic rings. The summed E-state index contributed by atoms with van der Waals surface area (Å²) in [6.45, 7) is 0.530. The molecule has 4 heterocycles. The number of sulfonamides is 1. The van der Waals surface area contributed by atoms with Gasteiger partial charge in [-0.25, -0.2) is 25.8 Å². The van der Waals surface area contributed by atoms with Gasteiger partial charge < -0.3 is 0 Å². The van der Waals surface area contributed by atoms with E-state index in [-0.39, 0.29) is 42.6 Å². The van der Waals surface area contributed by atoms with Crippen LogP contribution < -0.4 is 5.56 Å². The minimum absolute atomic E-state index is 0.0673. The van der Waals surface area contributed by atoms with Crippen LogP contribution in [0.3, 0.4) is 0 Å². The first-order valence-corrected chi connectivity index (χ1v) is 13.3. The van der Waals surface area contributed by atoms with E-state index in [0.717, 1.165) is 10.6 Å². The van der Waals surface area contributed by atoms with Gasteiger partial charge in [-0.15, -0.1) is 11.3 Å². The lowest BCUT2D eigenvalue weighted by Crippen LogP contribution is -2.45. The molecule has 0 aromatic carbocycles. The van der Waals surface area contributed by atoms with Crippen LogP contribution in [0, 0.1) is 0 Å². The zero-order valence-corrected chi connectivity index (χ0v) is 17.5. The SMILES string of the molecule is O=c1ccc(-c2cccs2)nn1C1CCN(S(=O)(=O)[C@@H]2CCS(=O)(=O)C2)CC1. The van der Waals surface area contributed by atoms with E-state index in [9.17, 15) is 21.6 Å². The van der Waals surface area contributed by atoms with Gasteiger partial charge in [-0.1, -0.05) is 6.07 Å². The van der Waals surface area contributed by atoms with Crippen molar-refractivity contribution in [1.29, 1.82) is 0 Å². The minimum Gasteiger partial charge on any atom is -0.268 e. The molecule has 2 saturated heterocycles. The van der Waals surface area contributed by atoms with Crippen molar-refractivity contribution >= 4 is 31.2 Å². The van der Waals surface area contributed by atoms with Crippen molar-refractivity contribution in [2.45, 2.75) is 30.6 Å². The average molecular weight is 444 g/mol. The molecular weight excluding hydrogens is 422 g/mol. The van der Waals surface area contributed by atoms with Crippen molar-refractivity contribution in [3.05, 3.63) is 40.0 Å². The van der Waals surface area contributed by atoms with Gasteiger partial charge in [0.1, 0.15) is 5.69 Å². The summed E-state index contributed by atoms with van der Waals surface area (Å²) in [7, 11) is -6.91. The molecule has 28 heavy (non-hydrogen) atoms. The third kappa shape index (κ3) is 3.80. The van der Waals surface area contributed by atoms with E-state index in [2.05, 4.69) is 5.10 Å². The van der Waals surface area contributed by atoms with Crippen LogP contribution >= 0.6 is 11.3 Å². The highest BCUT2D eigenvalue weighted by Crippen LogP contribution is 2.28. The Morgan fingerprint density at radius 1 is 1.11 bits per heavy atom. The highest BCUT2D eigenvalue weighted by Gasteiger charge is 2.41. The Morgan fingerprint density at radius 3 is 2.46 bits per heavy atom. The van der Waals surface area contributed by atoms with Gasteiger partial charge >= 0.3 is 0 Å². The summed E-state index contributed by atoms with van der Waals surface area (Å²) >= 11 is 1.54. The second kappa shape index (κ2) is 7.36. The molecule has 8 nitrogen and oxygen atoms in total. The number of nitrogens with zero attached hydrogens (tertiary/aromatic N) is 3. The molecule has 0 N–H and O–H groups in total. The van der Waals surface area contributed by atoms with Crippen LogP contribution in [0.25, 0.3) is 10.6 Å². The number of hydrogen-bond donors (Lipinski definition) is 0. The predicted molar refractivity (Wildman–Crippen MR) is 108 cm³/mol. The van der Waals surface area contributed by atoms with Crippen molar-refractivity contribution in [2.75, 3.05) is 24.6 Å². The van der Waals surface area contributed by atoms with Gasteiger partial charge in [-0.3, -0.25) is 4.79 Å². The summed E-state index contributed by atoms with van der Waals surface area (Å²) in [6, 6.07) is 6.88. The third-order valence-electron chi connectivity index (χ3n) is 5.34. The van der Waals surface area contributed by atoms with Gasteiger partial charge in [0.2, 0.25) is 10.0 Å². The maximum Gasteiger partial charge on any atom is 0.267 e. The summed E-state index contributed by atoms with van der Waals surface area (Å²) < 4.78 is 51.7. The van der Waals surface area contributed by atoms with Crippen LogP contribution in [-0.4, -0.2) is 60.8 Å². The number of rotatable bonds is 4. The molecular formula is C17H21N3O5S3. The quantitative estimate of drug-likeness (QED) is 0.701. The standard InChI is InChI=1S/C17H21N3O5S3/c21-17-4-3-15(16-2-1-10-26-16)18-20(17)13-5-8-19(9-6-13)28(24,25)14-7-11-27(22,23)12-14/h1-4,10,13-14H,5-9,11-12H2/t14-/m1/s1. The van der Waals surface area contributed by atoms with E-state index in [1.807, 2.05) is 17.5 Å². The zero-order valence-electron chi connectivity index (χ0n) is 15.1. The topological polar surface area (TPSA) is 106 Å². The molecule has 2 fully saturated rings. The number of thiophene rings is 1. The highest BCUT2D eigenvalue weighted by atomic mass is 32.2. The molecule has 11 heteroatoms. The van der Waals surface area contributed by atoms with Crippen LogP contribution in [0.1, 0.15) is 25.3 Å². The maximum absolute atomic E-state index is 12.8. The Hall–Kier alpha value is -1.56. The van der Waals surface area contributed by atoms with Crippen molar-refractivity contribution in [3.63, 3.8) is 0 Å². The zero-order chi connectivity index (χ0) is 19.9. The molecule has 152 valence electrons. The number of aromatic nitrogens is 2. The molecule has 0 amide bonds. The molecule has 1 atom stereocenters. The van der Waals surface area contributed by atoms with Crippen LogP contribution in [-0.2, 0) is 19.9 Å². The van der Waals surface area contributed by atoms with Crippen molar-refractivity contribution in [2.24, 2.45) is 0 Å². The average Bonchev–Trinajstić information content (AvgIpc) is 3.32. The lowest BCUT2D eigenvalue weighted by Gasteiger charge is -2.33. The van der Waals surface area contributed by atoms with Crippen molar-refractivity contribution in [1.82, 2.24) is 14.1 Å². The molecule has 0 radical (unpaired) electrons. The summed E-state index contributed by atoms with van der Waals surface area (Å²) in [5, 5.41) is 5.58. The smallest absolute Gasteiger partial charge is 0.267 e. The molecule has 0 bridgehead atoms. The number of sulfone groups is 1. The van der Waals surface area contributed by atoms with Crippen LogP contribution in [0.15, 0.2) is 34.4 Å². The maximum atomic E-state index is 12.8. The van der Waals surface area contributed by atoms with Gasteiger partial charge in [-0.2, -0.15) is 5.10 Å². The first-order chi connectivity index (χ1) is 13.3. The van der Waals surface area contributed by atoms with Crippen molar-refractivity contribution in [3.8, 4) is 10.6 Å². The molecule has 0 aliphatic carbocycles. The summed E-state index contributed by atoms with van der Waals surface area (Å²) in [6.07, 6.45) is 1.10. The van der Waals surface area contributed by atoms with E-state index < -0.39 is 25.1 Å². The van der Waals surface area contributed by atoms with Crippen LogP contribution in [0.2, 0.25) is 0 Å². The third-order valence-corrected chi connectivity index (χ3v) is 10.5. The lowest BCUT2D eigenvalue weighted by molar-refractivity contribution is 0.254. The highest BCUT2D eigenvalue weighted by molar-refractivity contribution is 7.95. The largest absolute Gasteiger partial charge is 0.268 e. The number of piperidine rings is 1. The number of hydrogen-bond acceptors (Lipinski definition) is 7. The van der Waals surface area contributed by atoms with Crippen LogP contribution in [0.5, 0.6) is 0 Å². The van der Waals surface area contributed by atoms with Gasteiger partial charge in [0.25, 0.3) is 5.56 Å². The lowest BCUT2D eigenvalue weighted by atomic mass is 10.1. The molecule has 0 unspecified atom stereocenters. The minimum atomic E-state index is -3.64. The Labute approximate surface area is 167 Å². The summed E-state index contributed by atoms with van der Waals surface area (Å²) in [4.78, 5) is 13.3. The van der Waals surface area contributed by atoms with E-state index in [0.29, 0.717) is 12.8 Å². The normalized spacial score (nSPS) is 23.8. The predicted octanol–water partition coefficient (Wildman–Crippen LogP) is 1.13. The first kappa shape index (κ1) is 19.7. The Morgan fingerprint density at radius 2 is 1.86 bits per heavy atom. The summed E-state index contributed by atoms with van der Waals surface area (Å²) in [5.41, 5.74) is 0.518. The molecule has 2 aliphatic rings. The fourth-order valence-corrected chi connectivity index (χ4v) is 9.04. The van der Waals surface area contributed by atoms with E-state index >= 15 is 0 Å². The van der Waals surface area contributed by atoms with Gasteiger partial charge in [0.05, 0.1) is 27.7 Å². The molecule has 0 saturated carbocycles. The van der Waals surface area contributed by atoms with Gasteiger partial charge in [-0.05, 0) is 36.8 Å². The van der Waals surface area contributed by atoms with E-state index in [4.69, 9.17) is 0 Å². The fraction of sp³-hybridized carbons (Fsp3) is 0.529. The first-order valence-electron chi connectivity index (χ1n) is 9.09. The Bertz CT molecular complexity index is 1120. The van der Waals surface area contributed by atoms with Crippen LogP contribution in [0.4, 0.5) is 0 Å². The van der Waals surface area contributed by atoms with E-state index in [1.165, 1.54) is 15.1 Å². The molecule has 0 spiro atoms. The molecule has 2 aromatic heterocycles. The van der Waals surface area contributed by atoms with Gasteiger partial charge in [0, 0.05) is 19.2 Å².